The molecular weight excluding hydrogens is 611 g/mol. The van der Waals surface area contributed by atoms with Gasteiger partial charge in [-0.1, -0.05) is 103 Å². The van der Waals surface area contributed by atoms with Crippen molar-refractivity contribution < 1.29 is 33.4 Å². The van der Waals surface area contributed by atoms with Gasteiger partial charge >= 0.3 is 18.0 Å². The largest absolute Gasteiger partial charge is 0.478 e. The zero-order valence-electron chi connectivity index (χ0n) is 30.1. The molecule has 3 rings (SSSR count). The molecule has 0 saturated carbocycles. The number of rotatable bonds is 14. The third-order valence-corrected chi connectivity index (χ3v) is 14.9. The molecule has 0 heterocycles. The zero-order chi connectivity index (χ0) is 35.3. The number of hydrogen-bond donors (Lipinski definition) is 1. The second-order valence-corrected chi connectivity index (χ2v) is 19.3. The van der Waals surface area contributed by atoms with Crippen LogP contribution in [0.1, 0.15) is 85.3 Å². The summed E-state index contributed by atoms with van der Waals surface area (Å²) in [6.45, 7) is 20.3. The van der Waals surface area contributed by atoms with E-state index in [4.69, 9.17) is 13.9 Å². The first kappa shape index (κ1) is 38.0. The Morgan fingerprint density at radius 3 is 2.00 bits per heavy atom. The molecule has 0 aromatic heterocycles. The van der Waals surface area contributed by atoms with Crippen molar-refractivity contribution in [2.45, 2.75) is 111 Å². The highest BCUT2D eigenvalue weighted by atomic mass is 28.4. The highest BCUT2D eigenvalue weighted by molar-refractivity contribution is 6.74. The quantitative estimate of drug-likeness (QED) is 0.122. The summed E-state index contributed by atoms with van der Waals surface area (Å²) in [5.74, 6) is -1.83. The number of nitrogens with zero attached hydrogens (tertiary/aromatic N) is 1. The molecule has 0 fully saturated rings. The first-order chi connectivity index (χ1) is 21.9. The smallest absolute Gasteiger partial charge is 0.410 e. The molecule has 2 aromatic rings. The van der Waals surface area contributed by atoms with Crippen LogP contribution < -0.4 is 0 Å². The van der Waals surface area contributed by atoms with Gasteiger partial charge in [0.1, 0.15) is 18.8 Å². The summed E-state index contributed by atoms with van der Waals surface area (Å²) in [5, 5.41) is 9.41. The van der Waals surface area contributed by atoms with Crippen LogP contribution in [0.15, 0.2) is 60.2 Å². The first-order valence-electron chi connectivity index (χ1n) is 16.8. The van der Waals surface area contributed by atoms with E-state index in [1.165, 1.54) is 4.90 Å². The number of amides is 1. The van der Waals surface area contributed by atoms with E-state index in [-0.39, 0.29) is 41.1 Å². The van der Waals surface area contributed by atoms with Gasteiger partial charge < -0.3 is 19.0 Å². The van der Waals surface area contributed by atoms with Crippen LogP contribution in [-0.4, -0.2) is 68.3 Å². The molecule has 0 unspecified atom stereocenters. The van der Waals surface area contributed by atoms with Crippen LogP contribution >= 0.6 is 0 Å². The van der Waals surface area contributed by atoms with Crippen LogP contribution in [0.25, 0.3) is 11.1 Å². The van der Waals surface area contributed by atoms with Gasteiger partial charge in [-0.2, -0.15) is 0 Å². The van der Waals surface area contributed by atoms with Crippen molar-refractivity contribution >= 4 is 26.3 Å². The number of carbonyl (C=O) groups excluding carboxylic acids is 2. The molecule has 1 amide bonds. The van der Waals surface area contributed by atoms with E-state index in [0.29, 0.717) is 6.42 Å². The van der Waals surface area contributed by atoms with Crippen LogP contribution in [0.5, 0.6) is 0 Å². The number of esters is 1. The molecule has 0 spiro atoms. The van der Waals surface area contributed by atoms with Gasteiger partial charge in [-0.3, -0.25) is 4.90 Å². The number of carboxylic acid groups (broad SMARTS) is 1. The fraction of sp³-hybridized carbons (Fsp3) is 0.553. The standard InChI is InChI=1S/C38H55NO7Si/c1-12-24(2)34(26(4)33(22-21-25(3)35(40)41)46-47(10,11)38(6,7)8)45-36(42)27(5)39(9)37(43)44-23-32-30-19-15-13-17-28(30)29-18-14-16-20-31(29)32/h13-21,24,26-27,32-34H,12,22-23H2,1-11H3,(H,40,41)/b25-21+/t24-,26-,27-,33+,34-/m0/s1. The molecule has 0 radical (unpaired) electrons. The second kappa shape index (κ2) is 15.6. The number of fused-ring (bicyclic) bond motifs is 3. The highest BCUT2D eigenvalue weighted by Crippen LogP contribution is 2.44. The molecular formula is C38H55NO7Si. The van der Waals surface area contributed by atoms with Crippen LogP contribution in [0.2, 0.25) is 18.1 Å². The van der Waals surface area contributed by atoms with E-state index in [9.17, 15) is 19.5 Å². The Morgan fingerprint density at radius 2 is 1.51 bits per heavy atom. The summed E-state index contributed by atoms with van der Waals surface area (Å²) < 4.78 is 18.9. The maximum absolute atomic E-state index is 13.6. The highest BCUT2D eigenvalue weighted by Gasteiger charge is 2.43. The number of carbonyl (C=O) groups is 3. The summed E-state index contributed by atoms with van der Waals surface area (Å²) >= 11 is 0. The number of likely N-dealkylation sites (N-methyl/N-ethyl adjacent to an activating group) is 1. The van der Waals surface area contributed by atoms with Gasteiger partial charge in [0.15, 0.2) is 8.32 Å². The van der Waals surface area contributed by atoms with E-state index >= 15 is 0 Å². The van der Waals surface area contributed by atoms with Crippen molar-refractivity contribution in [2.24, 2.45) is 11.8 Å². The Balaban J connectivity index is 1.75. The molecule has 5 atom stereocenters. The number of aliphatic carboxylic acids is 1. The van der Waals surface area contributed by atoms with Crippen LogP contribution in [0.4, 0.5) is 4.79 Å². The molecule has 0 aliphatic heterocycles. The van der Waals surface area contributed by atoms with Crippen molar-refractivity contribution in [3.05, 3.63) is 71.3 Å². The lowest BCUT2D eigenvalue weighted by molar-refractivity contribution is -0.162. The van der Waals surface area contributed by atoms with Gasteiger partial charge in [-0.25, -0.2) is 14.4 Å². The molecule has 258 valence electrons. The van der Waals surface area contributed by atoms with Crippen molar-refractivity contribution in [1.82, 2.24) is 4.90 Å². The van der Waals surface area contributed by atoms with E-state index in [1.807, 2.05) is 45.0 Å². The average molecular weight is 666 g/mol. The minimum absolute atomic E-state index is 0.00373. The summed E-state index contributed by atoms with van der Waals surface area (Å²) in [7, 11) is -0.716. The van der Waals surface area contributed by atoms with Gasteiger partial charge in [0, 0.05) is 24.5 Å². The third kappa shape index (κ3) is 8.93. The Hall–Kier alpha value is -3.43. The molecule has 0 bridgehead atoms. The molecule has 0 saturated heterocycles. The lowest BCUT2D eigenvalue weighted by Crippen LogP contribution is -2.49. The van der Waals surface area contributed by atoms with Crippen molar-refractivity contribution in [2.75, 3.05) is 13.7 Å². The van der Waals surface area contributed by atoms with Crippen LogP contribution in [-0.2, 0) is 23.5 Å². The van der Waals surface area contributed by atoms with Crippen LogP contribution in [0, 0.1) is 11.8 Å². The Labute approximate surface area is 282 Å². The molecule has 1 aliphatic rings. The van der Waals surface area contributed by atoms with Crippen LogP contribution in [0.3, 0.4) is 0 Å². The van der Waals surface area contributed by atoms with Gasteiger partial charge in [0.05, 0.1) is 6.10 Å². The lowest BCUT2D eigenvalue weighted by Gasteiger charge is -2.43. The summed E-state index contributed by atoms with van der Waals surface area (Å²) in [5.41, 5.74) is 4.76. The molecule has 9 heteroatoms. The Bertz CT molecular complexity index is 1400. The maximum atomic E-state index is 13.6. The van der Waals surface area contributed by atoms with Gasteiger partial charge in [-0.05, 0) is 66.6 Å². The number of hydrogen-bond acceptors (Lipinski definition) is 6. The fourth-order valence-electron chi connectivity index (χ4n) is 5.74. The lowest BCUT2D eigenvalue weighted by atomic mass is 9.86. The van der Waals surface area contributed by atoms with E-state index < -0.39 is 38.5 Å². The van der Waals surface area contributed by atoms with Gasteiger partial charge in [-0.15, -0.1) is 0 Å². The van der Waals surface area contributed by atoms with Gasteiger partial charge in [0.25, 0.3) is 0 Å². The summed E-state index contributed by atoms with van der Waals surface area (Å²) in [6, 6.07) is 15.4. The van der Waals surface area contributed by atoms with Crippen molar-refractivity contribution in [3.63, 3.8) is 0 Å². The number of ether oxygens (including phenoxy) is 2. The molecule has 1 N–H and O–H groups in total. The third-order valence-electron chi connectivity index (χ3n) is 10.4. The van der Waals surface area contributed by atoms with Crippen molar-refractivity contribution in [1.29, 1.82) is 0 Å². The summed E-state index contributed by atoms with van der Waals surface area (Å²) in [4.78, 5) is 39.8. The number of carboxylic acids is 1. The van der Waals surface area contributed by atoms with E-state index in [1.54, 1.807) is 27.0 Å². The summed E-state index contributed by atoms with van der Waals surface area (Å²) in [6.07, 6.45) is 1.35. The molecule has 2 aromatic carbocycles. The maximum Gasteiger partial charge on any atom is 0.410 e. The van der Waals surface area contributed by atoms with Crippen molar-refractivity contribution in [3.8, 4) is 11.1 Å². The Kier molecular flexibility index (Phi) is 12.7. The monoisotopic (exact) mass is 665 g/mol. The minimum Gasteiger partial charge on any atom is -0.478 e. The molecule has 8 nitrogen and oxygen atoms in total. The first-order valence-corrected chi connectivity index (χ1v) is 19.7. The molecule has 1 aliphatic carbocycles. The average Bonchev–Trinajstić information content (AvgIpc) is 3.35. The molecule has 47 heavy (non-hydrogen) atoms. The Morgan fingerprint density at radius 1 is 0.979 bits per heavy atom. The predicted molar refractivity (Wildman–Crippen MR) is 189 cm³/mol. The second-order valence-electron chi connectivity index (χ2n) is 14.6. The zero-order valence-corrected chi connectivity index (χ0v) is 31.1. The normalized spacial score (nSPS) is 16.7. The SMILES string of the molecule is CC[C@H](C)[C@H](OC(=O)[C@H](C)N(C)C(=O)OCC1c2ccccc2-c2ccccc21)[C@@H](C)[C@@H](C/C=C(\C)C(=O)O)O[Si](C)(C)C(C)(C)C. The van der Waals surface area contributed by atoms with E-state index in [2.05, 4.69) is 58.1 Å². The van der Waals surface area contributed by atoms with Gasteiger partial charge in [0.2, 0.25) is 0 Å². The predicted octanol–water partition coefficient (Wildman–Crippen LogP) is 8.66. The minimum atomic E-state index is -2.27. The number of benzene rings is 2. The topological polar surface area (TPSA) is 102 Å². The fourth-order valence-corrected chi connectivity index (χ4v) is 7.16. The van der Waals surface area contributed by atoms with E-state index in [0.717, 1.165) is 28.7 Å².